The molecule has 0 saturated carbocycles. The lowest BCUT2D eigenvalue weighted by Gasteiger charge is -2.38. The molecule has 1 aliphatic rings. The Bertz CT molecular complexity index is 484. The van der Waals surface area contributed by atoms with Crippen LogP contribution < -0.4 is 5.32 Å². The van der Waals surface area contributed by atoms with Crippen LogP contribution in [0.3, 0.4) is 0 Å². The molecule has 0 radical (unpaired) electrons. The van der Waals surface area contributed by atoms with Crippen molar-refractivity contribution in [1.29, 1.82) is 0 Å². The van der Waals surface area contributed by atoms with E-state index >= 15 is 0 Å². The molecular weight excluding hydrogens is 280 g/mol. The number of ether oxygens (including phenoxy) is 1. The zero-order valence-electron chi connectivity index (χ0n) is 13.6. The fraction of sp³-hybridized carbons (Fsp3) is 0.588. The Labute approximate surface area is 132 Å². The van der Waals surface area contributed by atoms with Crippen molar-refractivity contribution in [3.63, 3.8) is 0 Å². The van der Waals surface area contributed by atoms with Gasteiger partial charge < -0.3 is 20.1 Å². The van der Waals surface area contributed by atoms with Gasteiger partial charge in [-0.05, 0) is 26.3 Å². The predicted molar refractivity (Wildman–Crippen MR) is 85.6 cm³/mol. The van der Waals surface area contributed by atoms with Gasteiger partial charge in [0.25, 0.3) is 0 Å². The molecule has 2 N–H and O–H groups in total. The van der Waals surface area contributed by atoms with Gasteiger partial charge in [0.2, 0.25) is 0 Å². The number of carbonyl (C=O) groups excluding carboxylic acids is 1. The average Bonchev–Trinajstić information content (AvgIpc) is 2.47. The molecule has 1 aromatic carbocycles. The van der Waals surface area contributed by atoms with E-state index in [-0.39, 0.29) is 17.6 Å². The molecular formula is C17H26N2O3. The normalized spacial score (nSPS) is 20.5. The number of nitrogens with one attached hydrogen (secondary N) is 1. The quantitative estimate of drug-likeness (QED) is 0.901. The number of nitrogens with zero attached hydrogens (tertiary/aromatic N) is 1. The van der Waals surface area contributed by atoms with Crippen LogP contribution >= 0.6 is 0 Å². The molecule has 1 aliphatic heterocycles. The Balaban J connectivity index is 2.02. The molecule has 2 unspecified atom stereocenters. The van der Waals surface area contributed by atoms with Gasteiger partial charge in [-0.15, -0.1) is 0 Å². The molecule has 0 aromatic heterocycles. The van der Waals surface area contributed by atoms with Gasteiger partial charge >= 0.3 is 6.03 Å². The summed E-state index contributed by atoms with van der Waals surface area (Å²) in [6, 6.07) is 9.30. The maximum Gasteiger partial charge on any atom is 0.318 e. The molecule has 22 heavy (non-hydrogen) atoms. The van der Waals surface area contributed by atoms with E-state index in [4.69, 9.17) is 4.74 Å². The van der Waals surface area contributed by atoms with Gasteiger partial charge in [-0.3, -0.25) is 0 Å². The Morgan fingerprint density at radius 2 is 2.09 bits per heavy atom. The number of hydrogen-bond acceptors (Lipinski definition) is 3. The molecule has 5 nitrogen and oxygen atoms in total. The van der Waals surface area contributed by atoms with Crippen LogP contribution in [0, 0.1) is 0 Å². The number of rotatable bonds is 3. The summed E-state index contributed by atoms with van der Waals surface area (Å²) in [5, 5.41) is 13.4. The zero-order valence-corrected chi connectivity index (χ0v) is 13.6. The first kappa shape index (κ1) is 16.8. The van der Waals surface area contributed by atoms with E-state index in [1.165, 1.54) is 0 Å². The molecule has 5 heteroatoms. The van der Waals surface area contributed by atoms with E-state index < -0.39 is 6.10 Å². The second-order valence-corrected chi connectivity index (χ2v) is 6.76. The highest BCUT2D eigenvalue weighted by atomic mass is 16.5. The number of amides is 2. The van der Waals surface area contributed by atoms with Crippen LogP contribution in [0.5, 0.6) is 0 Å². The van der Waals surface area contributed by atoms with E-state index in [0.29, 0.717) is 26.2 Å². The first-order chi connectivity index (χ1) is 10.4. The Morgan fingerprint density at radius 3 is 2.73 bits per heavy atom. The third-order valence-electron chi connectivity index (χ3n) is 3.65. The van der Waals surface area contributed by atoms with Gasteiger partial charge in [-0.2, -0.15) is 0 Å². The van der Waals surface area contributed by atoms with Crippen molar-refractivity contribution in [2.45, 2.75) is 44.9 Å². The van der Waals surface area contributed by atoms with E-state index in [9.17, 15) is 9.90 Å². The number of morpholine rings is 1. The van der Waals surface area contributed by atoms with Crippen LogP contribution in [0.2, 0.25) is 0 Å². The molecule has 1 saturated heterocycles. The summed E-state index contributed by atoms with van der Waals surface area (Å²) in [6.45, 7) is 7.42. The molecule has 0 aliphatic carbocycles. The van der Waals surface area contributed by atoms with Crippen LogP contribution in [-0.2, 0) is 4.74 Å². The molecule has 1 fully saturated rings. The molecule has 2 amide bonds. The van der Waals surface area contributed by atoms with Crippen molar-refractivity contribution in [3.05, 3.63) is 35.9 Å². The number of aliphatic hydroxyl groups excluding tert-OH is 1. The fourth-order valence-electron chi connectivity index (χ4n) is 2.58. The van der Waals surface area contributed by atoms with Crippen molar-refractivity contribution < 1.29 is 14.6 Å². The monoisotopic (exact) mass is 306 g/mol. The van der Waals surface area contributed by atoms with Crippen molar-refractivity contribution in [1.82, 2.24) is 10.2 Å². The summed E-state index contributed by atoms with van der Waals surface area (Å²) in [6.07, 6.45) is -0.125. The number of hydrogen-bond donors (Lipinski definition) is 2. The van der Waals surface area contributed by atoms with E-state index in [1.54, 1.807) is 4.90 Å². The van der Waals surface area contributed by atoms with Crippen LogP contribution in [0.15, 0.2) is 30.3 Å². The Morgan fingerprint density at radius 1 is 1.41 bits per heavy atom. The molecule has 0 bridgehead atoms. The van der Waals surface area contributed by atoms with E-state index in [1.807, 2.05) is 51.1 Å². The lowest BCUT2D eigenvalue weighted by Crippen LogP contribution is -2.56. The maximum atomic E-state index is 12.4. The highest BCUT2D eigenvalue weighted by Gasteiger charge is 2.31. The maximum absolute atomic E-state index is 12.4. The topological polar surface area (TPSA) is 61.8 Å². The Hall–Kier alpha value is -1.59. The van der Waals surface area contributed by atoms with Crippen LogP contribution in [0.1, 0.15) is 38.9 Å². The fourth-order valence-corrected chi connectivity index (χ4v) is 2.58. The second-order valence-electron chi connectivity index (χ2n) is 6.76. The molecule has 1 heterocycles. The van der Waals surface area contributed by atoms with Crippen molar-refractivity contribution in [2.75, 3.05) is 19.8 Å². The summed E-state index contributed by atoms with van der Waals surface area (Å²) in [5.74, 6) is 0. The Kier molecular flexibility index (Phi) is 5.42. The first-order valence-corrected chi connectivity index (χ1v) is 7.76. The number of aliphatic hydroxyl groups is 1. The van der Waals surface area contributed by atoms with Crippen LogP contribution in [0.25, 0.3) is 0 Å². The minimum absolute atomic E-state index is 0.0962. The van der Waals surface area contributed by atoms with Crippen LogP contribution in [0.4, 0.5) is 4.79 Å². The number of urea groups is 1. The minimum atomic E-state index is -0.599. The first-order valence-electron chi connectivity index (χ1n) is 7.76. The number of carbonyl (C=O) groups is 1. The lowest BCUT2D eigenvalue weighted by molar-refractivity contribution is -0.00793. The molecule has 2 atom stereocenters. The van der Waals surface area contributed by atoms with Gasteiger partial charge in [-0.1, -0.05) is 30.3 Å². The average molecular weight is 306 g/mol. The molecule has 122 valence electrons. The van der Waals surface area contributed by atoms with E-state index in [2.05, 4.69) is 5.32 Å². The summed E-state index contributed by atoms with van der Waals surface area (Å²) < 4.78 is 5.50. The third kappa shape index (κ3) is 4.71. The summed E-state index contributed by atoms with van der Waals surface area (Å²) in [4.78, 5) is 14.2. The SMILES string of the molecule is CC(C)(C)NC(=O)N1CCOCC1CC(O)c1ccccc1. The van der Waals surface area contributed by atoms with Gasteiger partial charge in [0.05, 0.1) is 25.4 Å². The predicted octanol–water partition coefficient (Wildman–Crippen LogP) is 2.32. The van der Waals surface area contributed by atoms with Crippen molar-refractivity contribution in [2.24, 2.45) is 0 Å². The van der Waals surface area contributed by atoms with Gasteiger partial charge in [0, 0.05) is 18.5 Å². The molecule has 2 rings (SSSR count). The zero-order chi connectivity index (χ0) is 16.2. The molecule has 1 aromatic rings. The number of benzene rings is 1. The van der Waals surface area contributed by atoms with E-state index in [0.717, 1.165) is 5.56 Å². The highest BCUT2D eigenvalue weighted by Crippen LogP contribution is 2.22. The standard InChI is InChI=1S/C17H26N2O3/c1-17(2,3)18-16(21)19-9-10-22-12-14(19)11-15(20)13-7-5-4-6-8-13/h4-8,14-15,20H,9-12H2,1-3H3,(H,18,21). The van der Waals surface area contributed by atoms with Crippen molar-refractivity contribution in [3.8, 4) is 0 Å². The summed E-state index contributed by atoms with van der Waals surface area (Å²) in [5.41, 5.74) is 0.585. The van der Waals surface area contributed by atoms with Crippen molar-refractivity contribution >= 4 is 6.03 Å². The summed E-state index contributed by atoms with van der Waals surface area (Å²) in [7, 11) is 0. The molecule has 0 spiro atoms. The lowest BCUT2D eigenvalue weighted by atomic mass is 10.0. The minimum Gasteiger partial charge on any atom is -0.388 e. The van der Waals surface area contributed by atoms with Gasteiger partial charge in [0.15, 0.2) is 0 Å². The summed E-state index contributed by atoms with van der Waals surface area (Å²) >= 11 is 0. The van der Waals surface area contributed by atoms with Gasteiger partial charge in [0.1, 0.15) is 0 Å². The van der Waals surface area contributed by atoms with Crippen LogP contribution in [-0.4, -0.2) is 47.4 Å². The smallest absolute Gasteiger partial charge is 0.318 e. The highest BCUT2D eigenvalue weighted by molar-refractivity contribution is 5.75. The van der Waals surface area contributed by atoms with Gasteiger partial charge in [-0.25, -0.2) is 4.79 Å². The largest absolute Gasteiger partial charge is 0.388 e. The third-order valence-corrected chi connectivity index (χ3v) is 3.65. The second kappa shape index (κ2) is 7.11.